The molecule has 1 saturated heterocycles. The van der Waals surface area contributed by atoms with Crippen molar-refractivity contribution in [3.05, 3.63) is 35.9 Å². The average molecular weight is 312 g/mol. The zero-order valence-corrected chi connectivity index (χ0v) is 13.6. The van der Waals surface area contributed by atoms with Crippen molar-refractivity contribution in [1.29, 1.82) is 0 Å². The van der Waals surface area contributed by atoms with Crippen LogP contribution in [0.5, 0.6) is 0 Å². The molecule has 2 rings (SSSR count). The zero-order valence-electron chi connectivity index (χ0n) is 12.8. The summed E-state index contributed by atoms with van der Waals surface area (Å²) in [5, 5.41) is 3.02. The minimum absolute atomic E-state index is 0. The molecule has 0 bridgehead atoms. The number of amides is 1. The first-order valence-electron chi connectivity index (χ1n) is 7.38. The van der Waals surface area contributed by atoms with Crippen molar-refractivity contribution in [1.82, 2.24) is 10.2 Å². The van der Waals surface area contributed by atoms with Crippen LogP contribution < -0.4 is 11.1 Å². The molecule has 3 N–H and O–H groups in total. The molecule has 1 amide bonds. The third kappa shape index (κ3) is 5.30. The first-order valence-corrected chi connectivity index (χ1v) is 7.38. The minimum Gasteiger partial charge on any atom is -0.352 e. The molecule has 0 radical (unpaired) electrons. The number of rotatable bonds is 5. The number of halogens is 1. The topological polar surface area (TPSA) is 58.4 Å². The molecule has 3 atom stereocenters. The lowest BCUT2D eigenvalue weighted by Gasteiger charge is -2.22. The second-order valence-electron chi connectivity index (χ2n) is 5.86. The maximum Gasteiger partial charge on any atom is 0.236 e. The Kier molecular flexibility index (Phi) is 7.15. The van der Waals surface area contributed by atoms with Crippen molar-refractivity contribution in [2.45, 2.75) is 38.9 Å². The van der Waals surface area contributed by atoms with Crippen molar-refractivity contribution in [2.75, 3.05) is 13.1 Å². The summed E-state index contributed by atoms with van der Waals surface area (Å²) in [6.45, 7) is 6.92. The Hall–Kier alpha value is -1.10. The maximum atomic E-state index is 11.6. The molecular weight excluding hydrogens is 286 g/mol. The van der Waals surface area contributed by atoms with Crippen molar-refractivity contribution >= 4 is 18.3 Å². The molecule has 0 aliphatic carbocycles. The van der Waals surface area contributed by atoms with Crippen LogP contribution in [0.25, 0.3) is 0 Å². The molecule has 1 aromatic carbocycles. The van der Waals surface area contributed by atoms with E-state index in [1.54, 1.807) is 6.92 Å². The summed E-state index contributed by atoms with van der Waals surface area (Å²) >= 11 is 0. The van der Waals surface area contributed by atoms with Crippen molar-refractivity contribution < 1.29 is 4.79 Å². The van der Waals surface area contributed by atoms with Crippen LogP contribution in [0.4, 0.5) is 0 Å². The molecule has 0 saturated carbocycles. The standard InChI is InChI=1S/C16H25N3O.ClH/c1-12(17)16(20)18-13(2)15-8-9-19(11-15)10-14-6-4-3-5-7-14;/h3-7,12-13,15H,8-11,17H2,1-2H3,(H,18,20);1H/t12-,13?,15?;/m0./s1. The summed E-state index contributed by atoms with van der Waals surface area (Å²) in [5.74, 6) is 0.459. The molecule has 2 unspecified atom stereocenters. The van der Waals surface area contributed by atoms with Gasteiger partial charge in [0.25, 0.3) is 0 Å². The van der Waals surface area contributed by atoms with E-state index in [0.717, 1.165) is 26.1 Å². The van der Waals surface area contributed by atoms with Crippen molar-refractivity contribution in [3.63, 3.8) is 0 Å². The highest BCUT2D eigenvalue weighted by Gasteiger charge is 2.28. The van der Waals surface area contributed by atoms with Crippen LogP contribution in [0.2, 0.25) is 0 Å². The maximum absolute atomic E-state index is 11.6. The van der Waals surface area contributed by atoms with Crippen molar-refractivity contribution in [2.24, 2.45) is 11.7 Å². The van der Waals surface area contributed by atoms with E-state index < -0.39 is 6.04 Å². The van der Waals surface area contributed by atoms with Gasteiger partial charge < -0.3 is 11.1 Å². The number of hydrogen-bond acceptors (Lipinski definition) is 3. The van der Waals surface area contributed by atoms with Crippen LogP contribution >= 0.6 is 12.4 Å². The van der Waals surface area contributed by atoms with E-state index in [0.29, 0.717) is 5.92 Å². The lowest BCUT2D eigenvalue weighted by molar-refractivity contribution is -0.122. The van der Waals surface area contributed by atoms with E-state index in [9.17, 15) is 4.79 Å². The normalized spacial score (nSPS) is 21.4. The highest BCUT2D eigenvalue weighted by Crippen LogP contribution is 2.21. The summed E-state index contributed by atoms with van der Waals surface area (Å²) in [5.41, 5.74) is 6.94. The monoisotopic (exact) mass is 311 g/mol. The van der Waals surface area contributed by atoms with E-state index >= 15 is 0 Å². The number of carbonyl (C=O) groups is 1. The van der Waals surface area contributed by atoms with Gasteiger partial charge in [-0.1, -0.05) is 30.3 Å². The summed E-state index contributed by atoms with van der Waals surface area (Å²) < 4.78 is 0. The van der Waals surface area contributed by atoms with Gasteiger partial charge in [-0.25, -0.2) is 0 Å². The first-order chi connectivity index (χ1) is 9.56. The largest absolute Gasteiger partial charge is 0.352 e. The highest BCUT2D eigenvalue weighted by atomic mass is 35.5. The number of nitrogens with one attached hydrogen (secondary N) is 1. The summed E-state index contributed by atoms with van der Waals surface area (Å²) in [6.07, 6.45) is 1.13. The van der Waals surface area contributed by atoms with Gasteiger partial charge in [0, 0.05) is 19.1 Å². The fourth-order valence-electron chi connectivity index (χ4n) is 2.73. The predicted molar refractivity (Wildman–Crippen MR) is 88.3 cm³/mol. The first kappa shape index (κ1) is 18.0. The lowest BCUT2D eigenvalue weighted by atomic mass is 10.0. The van der Waals surface area contributed by atoms with E-state index in [4.69, 9.17) is 5.73 Å². The molecule has 1 aliphatic rings. The third-order valence-corrected chi connectivity index (χ3v) is 4.05. The number of nitrogens with zero attached hydrogens (tertiary/aromatic N) is 1. The number of likely N-dealkylation sites (tertiary alicyclic amines) is 1. The van der Waals surface area contributed by atoms with Crippen LogP contribution in [-0.4, -0.2) is 36.0 Å². The Morgan fingerprint density at radius 1 is 1.38 bits per heavy atom. The Morgan fingerprint density at radius 2 is 2.05 bits per heavy atom. The van der Waals surface area contributed by atoms with E-state index in [2.05, 4.69) is 41.4 Å². The summed E-state index contributed by atoms with van der Waals surface area (Å²) in [6, 6.07) is 10.3. The van der Waals surface area contributed by atoms with Crippen molar-refractivity contribution in [3.8, 4) is 0 Å². The molecule has 21 heavy (non-hydrogen) atoms. The van der Waals surface area contributed by atoms with Gasteiger partial charge in [-0.05, 0) is 38.3 Å². The number of nitrogens with two attached hydrogens (primary N) is 1. The van der Waals surface area contributed by atoms with Gasteiger partial charge in [-0.15, -0.1) is 12.4 Å². The van der Waals surface area contributed by atoms with E-state index in [1.807, 2.05) is 6.07 Å². The Bertz CT molecular complexity index is 438. The molecule has 1 fully saturated rings. The Balaban J connectivity index is 0.00000220. The molecule has 118 valence electrons. The quantitative estimate of drug-likeness (QED) is 0.871. The van der Waals surface area contributed by atoms with Gasteiger partial charge >= 0.3 is 0 Å². The molecular formula is C16H26ClN3O. The van der Waals surface area contributed by atoms with E-state index in [-0.39, 0.29) is 24.4 Å². The zero-order chi connectivity index (χ0) is 14.5. The van der Waals surface area contributed by atoms with Gasteiger partial charge in [0.05, 0.1) is 6.04 Å². The Labute approximate surface area is 133 Å². The second kappa shape index (κ2) is 8.37. The molecule has 0 spiro atoms. The van der Waals surface area contributed by atoms with Gasteiger partial charge in [0.2, 0.25) is 5.91 Å². The van der Waals surface area contributed by atoms with Gasteiger partial charge in [0.1, 0.15) is 0 Å². The fraction of sp³-hybridized carbons (Fsp3) is 0.562. The lowest BCUT2D eigenvalue weighted by Crippen LogP contribution is -2.46. The van der Waals surface area contributed by atoms with E-state index in [1.165, 1.54) is 5.56 Å². The van der Waals surface area contributed by atoms with Crippen LogP contribution in [0.3, 0.4) is 0 Å². The third-order valence-electron chi connectivity index (χ3n) is 4.05. The molecule has 4 nitrogen and oxygen atoms in total. The van der Waals surface area contributed by atoms with Gasteiger partial charge in [-0.3, -0.25) is 9.69 Å². The predicted octanol–water partition coefficient (Wildman–Crippen LogP) is 1.78. The second-order valence-corrected chi connectivity index (χ2v) is 5.86. The summed E-state index contributed by atoms with van der Waals surface area (Å²) in [4.78, 5) is 14.1. The van der Waals surface area contributed by atoms with Gasteiger partial charge in [-0.2, -0.15) is 0 Å². The molecule has 1 aromatic rings. The minimum atomic E-state index is -0.431. The smallest absolute Gasteiger partial charge is 0.236 e. The van der Waals surface area contributed by atoms with Crippen LogP contribution in [-0.2, 0) is 11.3 Å². The molecule has 5 heteroatoms. The van der Waals surface area contributed by atoms with Crippen LogP contribution in [0.15, 0.2) is 30.3 Å². The molecule has 1 heterocycles. The Morgan fingerprint density at radius 3 is 2.67 bits per heavy atom. The highest BCUT2D eigenvalue weighted by molar-refractivity contribution is 5.85. The molecule has 0 aromatic heterocycles. The average Bonchev–Trinajstić information content (AvgIpc) is 2.88. The SMILES string of the molecule is CC(NC(=O)[C@H](C)N)C1CCN(Cc2ccccc2)C1.Cl. The number of hydrogen-bond donors (Lipinski definition) is 2. The van der Waals surface area contributed by atoms with Crippen LogP contribution in [0.1, 0.15) is 25.8 Å². The van der Waals surface area contributed by atoms with Gasteiger partial charge in [0.15, 0.2) is 0 Å². The number of benzene rings is 1. The molecule has 1 aliphatic heterocycles. The number of carbonyl (C=O) groups excluding carboxylic acids is 1. The fourth-order valence-corrected chi connectivity index (χ4v) is 2.73. The van der Waals surface area contributed by atoms with Crippen LogP contribution in [0, 0.1) is 5.92 Å². The summed E-state index contributed by atoms with van der Waals surface area (Å²) in [7, 11) is 0.